The van der Waals surface area contributed by atoms with Gasteiger partial charge in [0.05, 0.1) is 6.61 Å². The monoisotopic (exact) mass is 241 g/mol. The van der Waals surface area contributed by atoms with Gasteiger partial charge in [-0.15, -0.1) is 0 Å². The second-order valence-electron chi connectivity index (χ2n) is 3.19. The zero-order valence-corrected chi connectivity index (χ0v) is 9.20. The van der Waals surface area contributed by atoms with Crippen LogP contribution in [-0.2, 0) is 16.1 Å². The SMILES string of the molecule is CCOc1ccc(CNC(=O)C(=O)O)cc1F. The number of aliphatic carboxylic acids is 1. The minimum atomic E-state index is -1.57. The van der Waals surface area contributed by atoms with E-state index in [4.69, 9.17) is 9.84 Å². The molecule has 0 unspecified atom stereocenters. The highest BCUT2D eigenvalue weighted by Crippen LogP contribution is 2.18. The number of carboxylic acid groups (broad SMARTS) is 1. The first kappa shape index (κ1) is 13.0. The Labute approximate surface area is 97.2 Å². The first-order valence-corrected chi connectivity index (χ1v) is 4.97. The summed E-state index contributed by atoms with van der Waals surface area (Å²) in [7, 11) is 0. The van der Waals surface area contributed by atoms with Crippen molar-refractivity contribution in [3.05, 3.63) is 29.6 Å². The Morgan fingerprint density at radius 2 is 2.18 bits per heavy atom. The minimum Gasteiger partial charge on any atom is -0.491 e. The number of amides is 1. The maximum atomic E-state index is 13.4. The van der Waals surface area contributed by atoms with E-state index in [1.807, 2.05) is 0 Å². The van der Waals surface area contributed by atoms with Crippen LogP contribution in [0, 0.1) is 5.82 Å². The molecule has 0 radical (unpaired) electrons. The minimum absolute atomic E-state index is 0.0472. The van der Waals surface area contributed by atoms with Crippen LogP contribution in [0.5, 0.6) is 5.75 Å². The lowest BCUT2D eigenvalue weighted by atomic mass is 10.2. The van der Waals surface area contributed by atoms with Crippen LogP contribution in [0.2, 0.25) is 0 Å². The summed E-state index contributed by atoms with van der Waals surface area (Å²) in [6.45, 7) is 2.04. The molecule has 0 spiro atoms. The molecule has 0 saturated heterocycles. The summed E-state index contributed by atoms with van der Waals surface area (Å²) >= 11 is 0. The number of ether oxygens (including phenoxy) is 1. The molecule has 17 heavy (non-hydrogen) atoms. The molecule has 92 valence electrons. The summed E-state index contributed by atoms with van der Waals surface area (Å²) in [4.78, 5) is 21.0. The van der Waals surface area contributed by atoms with Crippen molar-refractivity contribution in [1.29, 1.82) is 0 Å². The Balaban J connectivity index is 2.64. The normalized spacial score (nSPS) is 9.76. The van der Waals surface area contributed by atoms with Crippen molar-refractivity contribution >= 4 is 11.9 Å². The fourth-order valence-electron chi connectivity index (χ4n) is 1.18. The van der Waals surface area contributed by atoms with Gasteiger partial charge in [0.15, 0.2) is 11.6 Å². The molecule has 5 nitrogen and oxygen atoms in total. The number of carboxylic acids is 1. The van der Waals surface area contributed by atoms with E-state index in [-0.39, 0.29) is 12.3 Å². The summed E-state index contributed by atoms with van der Waals surface area (Å²) in [6.07, 6.45) is 0. The van der Waals surface area contributed by atoms with Crippen LogP contribution in [0.1, 0.15) is 12.5 Å². The zero-order valence-electron chi connectivity index (χ0n) is 9.20. The third-order valence-corrected chi connectivity index (χ3v) is 1.94. The molecule has 0 aromatic heterocycles. The molecule has 1 aromatic carbocycles. The van der Waals surface area contributed by atoms with Crippen molar-refractivity contribution in [3.8, 4) is 5.75 Å². The van der Waals surface area contributed by atoms with Crippen molar-refractivity contribution in [2.75, 3.05) is 6.61 Å². The lowest BCUT2D eigenvalue weighted by Crippen LogP contribution is -2.30. The molecule has 0 aliphatic rings. The Bertz CT molecular complexity index is 433. The lowest BCUT2D eigenvalue weighted by molar-refractivity contribution is -0.150. The van der Waals surface area contributed by atoms with E-state index < -0.39 is 17.7 Å². The molecule has 0 bridgehead atoms. The zero-order chi connectivity index (χ0) is 12.8. The van der Waals surface area contributed by atoms with Gasteiger partial charge in [-0.05, 0) is 24.6 Å². The Morgan fingerprint density at radius 3 is 2.71 bits per heavy atom. The molecule has 2 N–H and O–H groups in total. The van der Waals surface area contributed by atoms with Gasteiger partial charge in [0.1, 0.15) is 0 Å². The van der Waals surface area contributed by atoms with Gasteiger partial charge in [0.25, 0.3) is 0 Å². The fourth-order valence-corrected chi connectivity index (χ4v) is 1.18. The molecule has 1 aromatic rings. The average molecular weight is 241 g/mol. The highest BCUT2D eigenvalue weighted by Gasteiger charge is 2.10. The maximum Gasteiger partial charge on any atom is 0.394 e. The van der Waals surface area contributed by atoms with Gasteiger partial charge in [-0.2, -0.15) is 0 Å². The van der Waals surface area contributed by atoms with Gasteiger partial charge < -0.3 is 15.2 Å². The van der Waals surface area contributed by atoms with E-state index in [9.17, 15) is 14.0 Å². The second-order valence-corrected chi connectivity index (χ2v) is 3.19. The van der Waals surface area contributed by atoms with Crippen LogP contribution >= 0.6 is 0 Å². The van der Waals surface area contributed by atoms with Crippen LogP contribution < -0.4 is 10.1 Å². The van der Waals surface area contributed by atoms with Crippen molar-refractivity contribution in [1.82, 2.24) is 5.32 Å². The van der Waals surface area contributed by atoms with Crippen molar-refractivity contribution in [3.63, 3.8) is 0 Å². The molecule has 0 heterocycles. The van der Waals surface area contributed by atoms with Crippen molar-refractivity contribution in [2.24, 2.45) is 0 Å². The van der Waals surface area contributed by atoms with Gasteiger partial charge in [-0.25, -0.2) is 9.18 Å². The van der Waals surface area contributed by atoms with E-state index in [0.717, 1.165) is 0 Å². The predicted molar refractivity (Wildman–Crippen MR) is 57.1 cm³/mol. The Morgan fingerprint density at radius 1 is 1.47 bits per heavy atom. The van der Waals surface area contributed by atoms with Crippen LogP contribution in [0.25, 0.3) is 0 Å². The molecular formula is C11H12FNO4. The molecule has 0 aliphatic carbocycles. The number of hydrogen-bond donors (Lipinski definition) is 2. The van der Waals surface area contributed by atoms with Gasteiger partial charge in [-0.1, -0.05) is 6.07 Å². The second kappa shape index (κ2) is 5.83. The summed E-state index contributed by atoms with van der Waals surface area (Å²) in [5, 5.41) is 10.5. The number of benzene rings is 1. The first-order valence-electron chi connectivity index (χ1n) is 4.97. The Kier molecular flexibility index (Phi) is 4.45. The molecule has 0 saturated carbocycles. The van der Waals surface area contributed by atoms with Crippen LogP contribution in [-0.4, -0.2) is 23.6 Å². The number of nitrogens with one attached hydrogen (secondary N) is 1. The van der Waals surface area contributed by atoms with Crippen LogP contribution in [0.3, 0.4) is 0 Å². The lowest BCUT2D eigenvalue weighted by Gasteiger charge is -2.07. The molecule has 1 amide bonds. The maximum absolute atomic E-state index is 13.4. The predicted octanol–water partition coefficient (Wildman–Crippen LogP) is 0.925. The van der Waals surface area contributed by atoms with E-state index in [1.54, 1.807) is 13.0 Å². The quantitative estimate of drug-likeness (QED) is 0.769. The molecule has 0 atom stereocenters. The molecule has 6 heteroatoms. The third kappa shape index (κ3) is 3.75. The number of carbonyl (C=O) groups is 2. The highest BCUT2D eigenvalue weighted by atomic mass is 19.1. The largest absolute Gasteiger partial charge is 0.491 e. The summed E-state index contributed by atoms with van der Waals surface area (Å²) in [6, 6.07) is 4.17. The molecule has 0 fully saturated rings. The average Bonchev–Trinajstić information content (AvgIpc) is 2.29. The van der Waals surface area contributed by atoms with E-state index in [1.165, 1.54) is 12.1 Å². The van der Waals surface area contributed by atoms with Gasteiger partial charge in [0, 0.05) is 6.54 Å². The molecule has 1 rings (SSSR count). The van der Waals surface area contributed by atoms with E-state index >= 15 is 0 Å². The summed E-state index contributed by atoms with van der Waals surface area (Å²) in [5.74, 6) is -3.12. The Hall–Kier alpha value is -2.11. The first-order chi connectivity index (χ1) is 8.04. The van der Waals surface area contributed by atoms with E-state index in [2.05, 4.69) is 5.32 Å². The number of halogens is 1. The van der Waals surface area contributed by atoms with Crippen molar-refractivity contribution < 1.29 is 23.8 Å². The van der Waals surface area contributed by atoms with E-state index in [0.29, 0.717) is 12.2 Å². The number of carbonyl (C=O) groups excluding carboxylic acids is 1. The summed E-state index contributed by atoms with van der Waals surface area (Å²) in [5.41, 5.74) is 0.459. The van der Waals surface area contributed by atoms with Crippen molar-refractivity contribution in [2.45, 2.75) is 13.5 Å². The summed E-state index contributed by atoms with van der Waals surface area (Å²) < 4.78 is 18.4. The molecule has 0 aliphatic heterocycles. The third-order valence-electron chi connectivity index (χ3n) is 1.94. The van der Waals surface area contributed by atoms with Gasteiger partial charge >= 0.3 is 11.9 Å². The topological polar surface area (TPSA) is 75.6 Å². The van der Waals surface area contributed by atoms with Gasteiger partial charge in [0.2, 0.25) is 0 Å². The van der Waals surface area contributed by atoms with Gasteiger partial charge in [-0.3, -0.25) is 4.79 Å². The number of rotatable bonds is 4. The highest BCUT2D eigenvalue weighted by molar-refractivity contribution is 6.31. The smallest absolute Gasteiger partial charge is 0.394 e. The standard InChI is InChI=1S/C11H12FNO4/c1-2-17-9-4-3-7(5-8(9)12)6-13-10(14)11(15)16/h3-5H,2,6H2,1H3,(H,13,14)(H,15,16). The van der Waals surface area contributed by atoms with Crippen LogP contribution in [0.15, 0.2) is 18.2 Å². The number of hydrogen-bond acceptors (Lipinski definition) is 3. The molecular weight excluding hydrogens is 229 g/mol. The van der Waals surface area contributed by atoms with Crippen LogP contribution in [0.4, 0.5) is 4.39 Å². The fraction of sp³-hybridized carbons (Fsp3) is 0.273.